The van der Waals surface area contributed by atoms with E-state index in [9.17, 15) is 24.0 Å². The van der Waals surface area contributed by atoms with Crippen molar-refractivity contribution in [3.63, 3.8) is 0 Å². The molecule has 2 aliphatic carbocycles. The van der Waals surface area contributed by atoms with Crippen LogP contribution in [0.1, 0.15) is 119 Å². The third kappa shape index (κ3) is 9.98. The number of hydrogen-bond donors (Lipinski definition) is 3. The highest BCUT2D eigenvalue weighted by Crippen LogP contribution is 2.37. The smallest absolute Gasteiger partial charge is 0.329 e. The van der Waals surface area contributed by atoms with Crippen LogP contribution in [-0.4, -0.2) is 90.8 Å². The molecule has 4 aromatic heterocycles. The lowest BCUT2D eigenvalue weighted by atomic mass is 9.85. The summed E-state index contributed by atoms with van der Waals surface area (Å²) < 4.78 is 16.7. The molecule has 1 unspecified atom stereocenters. The number of rotatable bonds is 17. The highest BCUT2D eigenvalue weighted by Gasteiger charge is 2.33. The maximum absolute atomic E-state index is 13.5. The van der Waals surface area contributed by atoms with E-state index in [2.05, 4.69) is 46.7 Å². The van der Waals surface area contributed by atoms with E-state index in [0.717, 1.165) is 66.8 Å². The number of hydrogen-bond acceptors (Lipinski definition) is 11. The number of anilines is 2. The van der Waals surface area contributed by atoms with Gasteiger partial charge in [-0.3, -0.25) is 38.3 Å². The van der Waals surface area contributed by atoms with Crippen LogP contribution in [-0.2, 0) is 38.0 Å². The number of para-hydroxylation sites is 1. The van der Waals surface area contributed by atoms with Crippen molar-refractivity contribution in [2.24, 2.45) is 18.9 Å². The summed E-state index contributed by atoms with van der Waals surface area (Å²) in [6, 6.07) is 8.79. The van der Waals surface area contributed by atoms with Gasteiger partial charge in [-0.1, -0.05) is 32.9 Å². The van der Waals surface area contributed by atoms with Gasteiger partial charge >= 0.3 is 5.69 Å². The van der Waals surface area contributed by atoms with Crippen molar-refractivity contribution in [1.82, 2.24) is 39.1 Å². The summed E-state index contributed by atoms with van der Waals surface area (Å²) in [6.45, 7) is 8.74. The minimum absolute atomic E-state index is 0.0608. The van der Waals surface area contributed by atoms with E-state index in [1.165, 1.54) is 23.7 Å². The molecule has 0 radical (unpaired) electrons. The van der Waals surface area contributed by atoms with Crippen LogP contribution in [0, 0.1) is 11.8 Å². The number of nitrogens with zero attached hydrogens (tertiary/aromatic N) is 7. The molecule has 340 valence electrons. The molecule has 1 aliphatic heterocycles. The molecule has 1 atom stereocenters. The van der Waals surface area contributed by atoms with Gasteiger partial charge in [0.1, 0.15) is 18.1 Å². The number of carbonyl (C=O) groups excluding carboxylic acids is 4. The molecule has 1 aromatic carbocycles. The first kappa shape index (κ1) is 44.5. The number of amides is 4. The van der Waals surface area contributed by atoms with E-state index in [0.29, 0.717) is 62.0 Å². The maximum Gasteiger partial charge on any atom is 0.329 e. The van der Waals surface area contributed by atoms with Gasteiger partial charge in [-0.2, -0.15) is 5.10 Å². The van der Waals surface area contributed by atoms with Gasteiger partial charge in [0.2, 0.25) is 23.6 Å². The Morgan fingerprint density at radius 2 is 1.80 bits per heavy atom. The van der Waals surface area contributed by atoms with Gasteiger partial charge in [0.25, 0.3) is 5.91 Å². The SMILES string of the molecule is CN(CCCOCCCc1cccc2c1n(C)c(=O)n2C1CCC(=O)NC1=O)C(=O)C1CCC(n2cc(NC(=O)c3coc(-c4ccnc(NCC5CC5)c4)n3)c(C(C)(C)C)n2)CC1. The molecule has 5 aromatic rings. The van der Waals surface area contributed by atoms with Crippen LogP contribution >= 0.6 is 0 Å². The van der Waals surface area contributed by atoms with Gasteiger partial charge < -0.3 is 24.7 Å². The fourth-order valence-electron chi connectivity index (χ4n) is 8.98. The Balaban J connectivity index is 0.779. The fraction of sp³-hybridized carbons (Fsp3) is 0.532. The zero-order chi connectivity index (χ0) is 45.1. The summed E-state index contributed by atoms with van der Waals surface area (Å²) in [5, 5.41) is 13.7. The number of carbonyl (C=O) groups is 4. The third-order valence-corrected chi connectivity index (χ3v) is 12.7. The van der Waals surface area contributed by atoms with Gasteiger partial charge in [-0.25, -0.2) is 14.8 Å². The molecule has 17 nitrogen and oxygen atoms in total. The molecular formula is C47H60N10O7. The second-order valence-corrected chi connectivity index (χ2v) is 18.7. The van der Waals surface area contributed by atoms with E-state index in [-0.39, 0.29) is 52.9 Å². The molecule has 0 spiro atoms. The molecular weight excluding hydrogens is 817 g/mol. The number of oxazole rings is 1. The van der Waals surface area contributed by atoms with Crippen molar-refractivity contribution in [2.45, 2.75) is 109 Å². The number of nitrogens with one attached hydrogen (secondary N) is 3. The maximum atomic E-state index is 13.5. The first-order chi connectivity index (χ1) is 30.7. The quantitative estimate of drug-likeness (QED) is 0.0714. The molecule has 4 amide bonds. The number of pyridine rings is 1. The normalized spacial score (nSPS) is 19.2. The van der Waals surface area contributed by atoms with E-state index in [4.69, 9.17) is 14.3 Å². The first-order valence-electron chi connectivity index (χ1n) is 22.7. The summed E-state index contributed by atoms with van der Waals surface area (Å²) in [6.07, 6.45) is 13.2. The molecule has 3 aliphatic rings. The zero-order valence-corrected chi connectivity index (χ0v) is 37.5. The monoisotopic (exact) mass is 876 g/mol. The lowest BCUT2D eigenvalue weighted by molar-refractivity contribution is -0.136. The minimum atomic E-state index is -0.720. The second-order valence-electron chi connectivity index (χ2n) is 18.7. The summed E-state index contributed by atoms with van der Waals surface area (Å²) in [5.41, 5.74) is 4.14. The Morgan fingerprint density at radius 1 is 1.02 bits per heavy atom. The van der Waals surface area contributed by atoms with E-state index in [1.807, 2.05) is 53.2 Å². The molecule has 3 fully saturated rings. The second kappa shape index (κ2) is 18.9. The predicted octanol–water partition coefficient (Wildman–Crippen LogP) is 6.17. The highest BCUT2D eigenvalue weighted by atomic mass is 16.5. The van der Waals surface area contributed by atoms with Crippen molar-refractivity contribution in [3.8, 4) is 11.5 Å². The van der Waals surface area contributed by atoms with Crippen LogP contribution < -0.4 is 21.6 Å². The van der Waals surface area contributed by atoms with Crippen LogP contribution in [0.25, 0.3) is 22.5 Å². The van der Waals surface area contributed by atoms with Crippen LogP contribution in [0.3, 0.4) is 0 Å². The van der Waals surface area contributed by atoms with E-state index < -0.39 is 11.9 Å². The van der Waals surface area contributed by atoms with Gasteiger partial charge in [0.05, 0.1) is 28.5 Å². The standard InChI is InChI=1S/C47H60N10O7/c1-47(2,3)41-34(50-42(59)35-28-64-44(51-35)32-20-21-48-38(25-32)49-26-29-12-13-29)27-56(53-41)33-16-14-31(15-17-33)45(61)54(4)22-8-24-63-23-7-10-30-9-6-11-36-40(30)55(5)46(62)57(36)37-18-19-39(58)52-43(37)60/h6,9,11,20-21,25,27-29,31,33,37H,7-8,10,12-19,22-24,26H2,1-5H3,(H,48,49)(H,50,59)(H,52,58,60). The Kier molecular flexibility index (Phi) is 13.2. The van der Waals surface area contributed by atoms with Gasteiger partial charge in [0.15, 0.2) is 5.69 Å². The summed E-state index contributed by atoms with van der Waals surface area (Å²) in [7, 11) is 3.57. The number of imide groups is 1. The average Bonchev–Trinajstić information content (AvgIpc) is 3.67. The number of aryl methyl sites for hydroxylation is 2. The summed E-state index contributed by atoms with van der Waals surface area (Å²) in [4.78, 5) is 75.3. The molecule has 0 bridgehead atoms. The first-order valence-corrected chi connectivity index (χ1v) is 22.7. The van der Waals surface area contributed by atoms with Gasteiger partial charge in [0, 0.05) is 76.1 Å². The highest BCUT2D eigenvalue weighted by molar-refractivity contribution is 6.03. The molecule has 1 saturated heterocycles. The van der Waals surface area contributed by atoms with Gasteiger partial charge in [-0.15, -0.1) is 0 Å². The fourth-order valence-corrected chi connectivity index (χ4v) is 8.98. The molecule has 3 N–H and O–H groups in total. The van der Waals surface area contributed by atoms with Crippen LogP contribution in [0.5, 0.6) is 0 Å². The molecule has 5 heterocycles. The van der Waals surface area contributed by atoms with E-state index in [1.54, 1.807) is 17.8 Å². The van der Waals surface area contributed by atoms with Crippen LogP contribution in [0.15, 0.2) is 58.2 Å². The number of piperidine rings is 1. The lowest BCUT2D eigenvalue weighted by Gasteiger charge is -2.30. The molecule has 17 heteroatoms. The Hall–Kier alpha value is -6.10. The van der Waals surface area contributed by atoms with Crippen molar-refractivity contribution in [3.05, 3.63) is 76.4 Å². The van der Waals surface area contributed by atoms with Crippen molar-refractivity contribution >= 4 is 46.2 Å². The summed E-state index contributed by atoms with van der Waals surface area (Å²) >= 11 is 0. The Labute approximate surface area is 372 Å². The van der Waals surface area contributed by atoms with Crippen LogP contribution in [0.2, 0.25) is 0 Å². The average molecular weight is 877 g/mol. The number of aromatic nitrogens is 6. The topological polar surface area (TPSA) is 201 Å². The lowest BCUT2D eigenvalue weighted by Crippen LogP contribution is -2.44. The summed E-state index contributed by atoms with van der Waals surface area (Å²) in [5.74, 6) is 0.738. The largest absolute Gasteiger partial charge is 0.444 e. The molecule has 2 saturated carbocycles. The third-order valence-electron chi connectivity index (χ3n) is 12.7. The number of fused-ring (bicyclic) bond motifs is 1. The Bertz CT molecular complexity index is 2570. The van der Waals surface area contributed by atoms with Crippen molar-refractivity contribution < 1.29 is 28.3 Å². The predicted molar refractivity (Wildman–Crippen MR) is 241 cm³/mol. The van der Waals surface area contributed by atoms with Crippen molar-refractivity contribution in [1.29, 1.82) is 0 Å². The minimum Gasteiger partial charge on any atom is -0.444 e. The number of benzene rings is 1. The number of imidazole rings is 1. The zero-order valence-electron chi connectivity index (χ0n) is 37.5. The van der Waals surface area contributed by atoms with E-state index >= 15 is 0 Å². The molecule has 8 rings (SSSR count). The van der Waals surface area contributed by atoms with Gasteiger partial charge in [-0.05, 0) is 93.9 Å². The van der Waals surface area contributed by atoms with Crippen LogP contribution in [0.4, 0.5) is 11.5 Å². The Morgan fingerprint density at radius 3 is 2.55 bits per heavy atom. The van der Waals surface area contributed by atoms with Crippen molar-refractivity contribution in [2.75, 3.05) is 44.0 Å². The number of ether oxygens (including phenoxy) is 1. The molecule has 64 heavy (non-hydrogen) atoms.